The first kappa shape index (κ1) is 97.1. The van der Waals surface area contributed by atoms with E-state index in [0.29, 0.717) is 91.0 Å². The number of esters is 2. The molecule has 10 aliphatic heterocycles. The molecular formula is C100H144N12O16. The van der Waals surface area contributed by atoms with Crippen LogP contribution >= 0.6 is 0 Å². The second-order valence-corrected chi connectivity index (χ2v) is 37.8. The predicted molar refractivity (Wildman–Crippen MR) is 486 cm³/mol. The van der Waals surface area contributed by atoms with Crippen molar-refractivity contribution in [3.05, 3.63) is 144 Å². The summed E-state index contributed by atoms with van der Waals surface area (Å²) in [6.07, 6.45) is 7.55. The van der Waals surface area contributed by atoms with Gasteiger partial charge in [0.1, 0.15) is 36.9 Å². The highest BCUT2D eigenvalue weighted by molar-refractivity contribution is 5.92. The number of carbonyl (C=O) groups is 10. The first-order valence-electron chi connectivity index (χ1n) is 48.1. The Morgan fingerprint density at radius 1 is 0.375 bits per heavy atom. The Hall–Kier alpha value is -8.42. The number of likely N-dealkylation sites (tertiary alicyclic amines) is 4. The Balaban J connectivity index is 0.000000219. The average molecular weight is 1770 g/mol. The Kier molecular flexibility index (Phi) is 36.1. The quantitative estimate of drug-likeness (QED) is 0.0474. The van der Waals surface area contributed by atoms with Gasteiger partial charge in [-0.1, -0.05) is 162 Å². The molecule has 4 aromatic carbocycles. The van der Waals surface area contributed by atoms with Gasteiger partial charge >= 0.3 is 11.9 Å². The van der Waals surface area contributed by atoms with E-state index in [9.17, 15) is 47.9 Å². The highest BCUT2D eigenvalue weighted by Crippen LogP contribution is 2.41. The van der Waals surface area contributed by atoms with Gasteiger partial charge in [0.25, 0.3) is 0 Å². The molecule has 0 spiro atoms. The number of ether oxygens (including phenoxy) is 6. The first-order chi connectivity index (χ1) is 62.0. The molecule has 10 fully saturated rings. The van der Waals surface area contributed by atoms with Crippen LogP contribution in [-0.4, -0.2) is 329 Å². The van der Waals surface area contributed by atoms with Crippen molar-refractivity contribution in [2.24, 2.45) is 47.3 Å². The summed E-state index contributed by atoms with van der Waals surface area (Å²) >= 11 is 0. The van der Waals surface area contributed by atoms with E-state index in [2.05, 4.69) is 131 Å². The van der Waals surface area contributed by atoms with Crippen molar-refractivity contribution >= 4 is 58.9 Å². The lowest BCUT2D eigenvalue weighted by Crippen LogP contribution is -2.59. The number of hydrogen-bond acceptors (Lipinski definition) is 22. The van der Waals surface area contributed by atoms with Crippen LogP contribution < -0.4 is 21.3 Å². The van der Waals surface area contributed by atoms with Crippen LogP contribution in [0.1, 0.15) is 141 Å². The van der Waals surface area contributed by atoms with Crippen LogP contribution in [0.4, 0.5) is 0 Å². The molecule has 0 radical (unpaired) electrons. The lowest BCUT2D eigenvalue weighted by Gasteiger charge is -2.44. The summed E-state index contributed by atoms with van der Waals surface area (Å²) in [6, 6.07) is 38.7. The van der Waals surface area contributed by atoms with Gasteiger partial charge < -0.3 is 79.1 Å². The van der Waals surface area contributed by atoms with E-state index in [1.165, 1.54) is 22.3 Å². The van der Waals surface area contributed by atoms with E-state index in [-0.39, 0.29) is 183 Å². The molecule has 6 amide bonds. The molecule has 28 nitrogen and oxygen atoms in total. The minimum absolute atomic E-state index is 0.00220. The maximum Gasteiger partial charge on any atom is 0.306 e. The molecule has 20 atom stereocenters. The van der Waals surface area contributed by atoms with Gasteiger partial charge in [0.05, 0.1) is 93.8 Å². The Morgan fingerprint density at radius 3 is 1.12 bits per heavy atom. The van der Waals surface area contributed by atoms with Gasteiger partial charge in [0.2, 0.25) is 35.4 Å². The third-order valence-electron chi connectivity index (χ3n) is 29.6. The van der Waals surface area contributed by atoms with Crippen LogP contribution in [-0.2, 0) is 102 Å². The number of Topliss-reactive ketones (excluding diaryl/α,β-unsaturated/α-hetero) is 2. The van der Waals surface area contributed by atoms with Crippen LogP contribution in [0.2, 0.25) is 0 Å². The number of cyclic esters (lactones) is 2. The number of likely N-dealkylation sites (N-methyl/N-ethyl adjacent to an activating group) is 2. The molecule has 2 unspecified atom stereocenters. The smallest absolute Gasteiger partial charge is 0.306 e. The summed E-state index contributed by atoms with van der Waals surface area (Å²) in [5.41, 5.74) is 5.04. The van der Waals surface area contributed by atoms with Crippen LogP contribution in [0.15, 0.2) is 121 Å². The van der Waals surface area contributed by atoms with E-state index >= 15 is 0 Å². The molecule has 12 bridgehead atoms. The third-order valence-corrected chi connectivity index (χ3v) is 29.6. The van der Waals surface area contributed by atoms with Crippen molar-refractivity contribution in [2.45, 2.75) is 217 Å². The molecule has 0 saturated carbocycles. The van der Waals surface area contributed by atoms with Crippen molar-refractivity contribution in [1.29, 1.82) is 0 Å². The summed E-state index contributed by atoms with van der Waals surface area (Å²) in [7, 11) is 3.46. The fourth-order valence-electron chi connectivity index (χ4n) is 21.1. The highest BCUT2D eigenvalue weighted by Gasteiger charge is 2.55. The molecule has 4 N–H and O–H groups in total. The van der Waals surface area contributed by atoms with Crippen LogP contribution in [0.25, 0.3) is 0 Å². The van der Waals surface area contributed by atoms with E-state index in [4.69, 9.17) is 28.4 Å². The second-order valence-electron chi connectivity index (χ2n) is 37.8. The van der Waals surface area contributed by atoms with Gasteiger partial charge in [-0.2, -0.15) is 0 Å². The fourth-order valence-corrected chi connectivity index (χ4v) is 21.1. The van der Waals surface area contributed by atoms with E-state index < -0.39 is 48.5 Å². The summed E-state index contributed by atoms with van der Waals surface area (Å²) < 4.78 is 38.2. The third kappa shape index (κ3) is 25.7. The minimum atomic E-state index is -1.15. The number of carbonyl (C=O) groups excluding carboxylic acids is 10. The van der Waals surface area contributed by atoms with Crippen LogP contribution in [0.5, 0.6) is 0 Å². The highest BCUT2D eigenvalue weighted by atomic mass is 16.6. The summed E-state index contributed by atoms with van der Waals surface area (Å²) in [4.78, 5) is 156. The number of hydrogen-bond donors (Lipinski definition) is 4. The standard InChI is InChI=1S/C50H70N6O10.C50H74N6O6/c1-5-33(2)48(60)52-40-32-66-47(59)17-16-46(58)65-31-37(24-43(57)34(3)51-4)49(61)55-29-44(38-25-53(27-41(38)55)20-18-35-12-8-6-9-13-35)63-22-23-64-45-30-56(50(40)62)42-28-54(26-39(42)45)21-19-36-14-10-7-11-15-36;1-5-35(2)48(58)52-42-19-13-12-18-39(30-45(57)36(3)51-4)49(59)55-26-22-40-43(55)31-53(24-20-37-14-8-6-9-15-37)33-46(40)61-28-29-62-47-34-54(25-21-38-16-10-7-11-17-38)32-44-41(47)23-27-56(44)50(42)60/h6-15,33-34,37-42,44-45,51H,5,16-32H2,1-4H3,(H,52,60);6-11,14-17,35-36,39-44,46-47,51H,5,12-13,18-34H2,1-4H3,(H,52,58)/t33-,34+,37+,38+,39+,40+,41-,42-,44-,45-;35-,36+,39-,40-,41-,42+,43-,44-,46?,47?/m11/s1. The number of nitrogens with zero attached hydrogens (tertiary/aromatic N) is 8. The predicted octanol–water partition coefficient (Wildman–Crippen LogP) is 6.72. The van der Waals surface area contributed by atoms with Crippen molar-refractivity contribution < 1.29 is 76.4 Å². The van der Waals surface area contributed by atoms with E-state index in [0.717, 1.165) is 104 Å². The monoisotopic (exact) mass is 1770 g/mol. The Labute approximate surface area is 758 Å². The molecule has 4 aromatic rings. The van der Waals surface area contributed by atoms with Crippen LogP contribution in [0, 0.1) is 47.3 Å². The van der Waals surface area contributed by atoms with Crippen LogP contribution in [0.3, 0.4) is 0 Å². The van der Waals surface area contributed by atoms with Crippen molar-refractivity contribution in [2.75, 3.05) is 158 Å². The van der Waals surface area contributed by atoms with Gasteiger partial charge in [0.15, 0.2) is 0 Å². The normalized spacial score (nSPS) is 29.7. The number of ketones is 2. The summed E-state index contributed by atoms with van der Waals surface area (Å²) in [6.45, 7) is 23.0. The molecule has 128 heavy (non-hydrogen) atoms. The Morgan fingerprint density at radius 2 is 0.711 bits per heavy atom. The molecule has 0 aliphatic carbocycles. The SMILES string of the molecule is CC[C@@H](C)C(=O)N[C@H]1CCCC[C@H](CC(=O)[C@H](C)NC)C(=O)N2CC[C@H]3C(CN(CCc4ccccc4)C[C@H]32)OCCOC2CN(CCc3ccccc3)C[C@@H]3[C@H]2CCN3C1=O.CC[C@@H](C)C(=O)N[C@H]1COC(=O)CCC(=O)OC[C@H](CC(=O)[C@H](C)NC)C(=O)N2C[C@@H](OCCO[C@@H]3CN(C1=O)[C@@H]1CN(CCc4ccccc4)C[C@@H]13)[C@H]1CN(CCc3ccccc3)C[C@H]12. The zero-order valence-corrected chi connectivity index (χ0v) is 77.1. The fraction of sp³-hybridized carbons (Fsp3) is 0.660. The minimum Gasteiger partial charge on any atom is -0.465 e. The van der Waals surface area contributed by atoms with Gasteiger partial charge in [-0.05, 0) is 114 Å². The second kappa shape index (κ2) is 47.6. The van der Waals surface area contributed by atoms with Crippen molar-refractivity contribution in [3.8, 4) is 0 Å². The molecule has 10 heterocycles. The van der Waals surface area contributed by atoms with Gasteiger partial charge in [-0.3, -0.25) is 57.7 Å². The first-order valence-corrected chi connectivity index (χ1v) is 48.1. The van der Waals surface area contributed by atoms with Gasteiger partial charge in [0, 0.05) is 171 Å². The zero-order chi connectivity index (χ0) is 90.3. The van der Waals surface area contributed by atoms with Crippen molar-refractivity contribution in [3.63, 3.8) is 0 Å². The molecule has 10 aliphatic rings. The molecule has 14 rings (SSSR count). The number of amides is 6. The maximum absolute atomic E-state index is 14.8. The maximum atomic E-state index is 14.8. The van der Waals surface area contributed by atoms with E-state index in [1.807, 2.05) is 73.9 Å². The Bertz CT molecular complexity index is 4010. The molecule has 0 aromatic heterocycles. The topological polar surface area (TPSA) is 300 Å². The lowest BCUT2D eigenvalue weighted by atomic mass is 9.87. The number of nitrogens with one attached hydrogen (secondary N) is 4. The zero-order valence-electron chi connectivity index (χ0n) is 77.1. The summed E-state index contributed by atoms with van der Waals surface area (Å²) in [5, 5.41) is 12.1. The largest absolute Gasteiger partial charge is 0.465 e. The molecular weight excluding hydrogens is 1630 g/mol. The van der Waals surface area contributed by atoms with Crippen molar-refractivity contribution in [1.82, 2.24) is 60.5 Å². The molecule has 28 heteroatoms. The number of piperidine rings is 2. The molecule has 700 valence electrons. The average Bonchev–Trinajstić information content (AvgIpc) is 1.62. The molecule has 10 saturated heterocycles. The number of benzene rings is 4. The lowest BCUT2D eigenvalue weighted by molar-refractivity contribution is -0.155. The van der Waals surface area contributed by atoms with Gasteiger partial charge in [-0.15, -0.1) is 0 Å². The number of rotatable bonds is 26. The summed E-state index contributed by atoms with van der Waals surface area (Å²) in [5.74, 6) is -4.21. The van der Waals surface area contributed by atoms with Gasteiger partial charge in [-0.25, -0.2) is 0 Å². The number of fused-ring (bicyclic) bond motifs is 10. The van der Waals surface area contributed by atoms with E-state index in [1.54, 1.807) is 32.8 Å².